The van der Waals surface area contributed by atoms with Gasteiger partial charge in [0.2, 0.25) is 0 Å². The van der Waals surface area contributed by atoms with Gasteiger partial charge in [-0.2, -0.15) is 0 Å². The largest absolute Gasteiger partial charge is 0.359 e. The molecule has 0 aromatic carbocycles. The van der Waals surface area contributed by atoms with Crippen LogP contribution < -0.4 is 0 Å². The van der Waals surface area contributed by atoms with Crippen LogP contribution in [-0.2, 0) is 24.1 Å². The van der Waals surface area contributed by atoms with Crippen LogP contribution >= 0.6 is 0 Å². The zero-order chi connectivity index (χ0) is 24.5. The van der Waals surface area contributed by atoms with Crippen molar-refractivity contribution >= 4 is 6.29 Å². The van der Waals surface area contributed by atoms with Gasteiger partial charge in [-0.1, -0.05) is 44.2 Å². The Morgan fingerprint density at radius 3 is 2.42 bits per heavy atom. The first kappa shape index (κ1) is 27.0. The molecule has 1 atom stereocenters. The van der Waals surface area contributed by atoms with Gasteiger partial charge < -0.3 is 24.1 Å². The fourth-order valence-corrected chi connectivity index (χ4v) is 3.26. The van der Waals surface area contributed by atoms with Gasteiger partial charge in [-0.3, -0.25) is 0 Å². The summed E-state index contributed by atoms with van der Waals surface area (Å²) in [5.41, 5.74) is 1.76. The van der Waals surface area contributed by atoms with Gasteiger partial charge in [-0.15, -0.1) is 19.6 Å². The predicted octanol–water partition coefficient (Wildman–Crippen LogP) is 4.78. The molecule has 0 radical (unpaired) electrons. The molecule has 33 heavy (non-hydrogen) atoms. The summed E-state index contributed by atoms with van der Waals surface area (Å²) >= 11 is 0. The molecular weight excluding hydrogens is 440 g/mol. The summed E-state index contributed by atoms with van der Waals surface area (Å²) in [6.45, 7) is 3.57. The molecule has 0 aromatic heterocycles. The number of allylic oxidation sites excluding steroid dienone is 6. The third-order valence-electron chi connectivity index (χ3n) is 4.87. The summed E-state index contributed by atoms with van der Waals surface area (Å²) in [6.07, 6.45) is 10.1. The Morgan fingerprint density at radius 1 is 1.03 bits per heavy atom. The van der Waals surface area contributed by atoms with Crippen LogP contribution in [0.4, 0.5) is 0 Å². The quantitative estimate of drug-likeness (QED) is 0.102. The third-order valence-corrected chi connectivity index (χ3v) is 4.87. The van der Waals surface area contributed by atoms with Crippen LogP contribution in [0.1, 0.15) is 33.1 Å². The molecule has 13 nitrogen and oxygen atoms in total. The Labute approximate surface area is 188 Å². The lowest BCUT2D eigenvalue weighted by atomic mass is 9.71. The van der Waals surface area contributed by atoms with E-state index in [0.29, 0.717) is 35.8 Å². The third kappa shape index (κ3) is 9.33. The van der Waals surface area contributed by atoms with Crippen molar-refractivity contribution in [3.63, 3.8) is 0 Å². The van der Waals surface area contributed by atoms with Crippen LogP contribution in [0.15, 0.2) is 80.3 Å². The van der Waals surface area contributed by atoms with Gasteiger partial charge in [-0.25, -0.2) is 0 Å². The van der Waals surface area contributed by atoms with E-state index in [-0.39, 0.29) is 25.0 Å². The van der Waals surface area contributed by atoms with Gasteiger partial charge in [0.1, 0.15) is 25.8 Å². The highest BCUT2D eigenvalue weighted by Crippen LogP contribution is 2.42. The van der Waals surface area contributed by atoms with E-state index in [1.54, 1.807) is 24.3 Å². The molecular formula is C20H24N4O9. The number of aldehydes is 1. The highest BCUT2D eigenvalue weighted by molar-refractivity contribution is 5.56. The van der Waals surface area contributed by atoms with Gasteiger partial charge in [0.15, 0.2) is 27.5 Å². The second kappa shape index (κ2) is 14.9. The number of carbonyl (C=O) groups excluding carboxylic acids is 1. The monoisotopic (exact) mass is 464 g/mol. The maximum absolute atomic E-state index is 10.7. The number of rotatable bonds is 16. The molecule has 0 saturated carbocycles. The second-order valence-corrected chi connectivity index (χ2v) is 7.40. The van der Waals surface area contributed by atoms with Crippen molar-refractivity contribution in [3.05, 3.63) is 78.6 Å². The Hall–Kier alpha value is -4.03. The van der Waals surface area contributed by atoms with E-state index < -0.39 is 6.10 Å². The van der Waals surface area contributed by atoms with Crippen molar-refractivity contribution in [2.24, 2.45) is 26.8 Å². The number of carbonyl (C=O) groups is 1. The summed E-state index contributed by atoms with van der Waals surface area (Å²) in [5.74, 6) is 0. The van der Waals surface area contributed by atoms with E-state index in [1.807, 2.05) is 13.8 Å². The molecule has 0 fully saturated rings. The zero-order valence-electron chi connectivity index (χ0n) is 18.1. The standard InChI is InChI=1S/C20H24N4O9/c1-20(2)10-8-19(33-24-29)17(14-32-23-28)18(20)7-6-15(12-30-21-26)4-3-5-16(9-11-25)13-31-22-27/h3-7,11,13,19H,8-10,12,14H2,1-2H3/b5-3?,7-6+,15-4-,16-13?. The van der Waals surface area contributed by atoms with E-state index in [1.165, 1.54) is 6.08 Å². The number of hydrogen-bond donors (Lipinski definition) is 0. The van der Waals surface area contributed by atoms with Crippen LogP contribution in [0.2, 0.25) is 0 Å². The summed E-state index contributed by atoms with van der Waals surface area (Å²) in [7, 11) is 0. The summed E-state index contributed by atoms with van der Waals surface area (Å²) in [6, 6.07) is 0. The second-order valence-electron chi connectivity index (χ2n) is 7.40. The highest BCUT2D eigenvalue weighted by atomic mass is 16.7. The van der Waals surface area contributed by atoms with Crippen LogP contribution in [0.5, 0.6) is 0 Å². The van der Waals surface area contributed by atoms with E-state index in [4.69, 9.17) is 4.84 Å². The summed E-state index contributed by atoms with van der Waals surface area (Å²) in [4.78, 5) is 70.8. The van der Waals surface area contributed by atoms with E-state index in [2.05, 4.69) is 35.9 Å². The van der Waals surface area contributed by atoms with E-state index >= 15 is 0 Å². The molecule has 0 N–H and O–H groups in total. The molecule has 0 bridgehead atoms. The van der Waals surface area contributed by atoms with Crippen molar-refractivity contribution in [2.75, 3.05) is 13.2 Å². The molecule has 1 aliphatic carbocycles. The molecule has 1 aliphatic rings. The Bertz CT molecular complexity index is 860. The van der Waals surface area contributed by atoms with Crippen LogP contribution in [-0.4, -0.2) is 25.6 Å². The smallest absolute Gasteiger partial charge is 0.160 e. The SMILES string of the molecule is CC1(C)CCC(ON=O)C(CON=O)=C1/C=C/C(=C/C=CC(=CON=O)CC=O)CON=O. The van der Waals surface area contributed by atoms with Gasteiger partial charge in [-0.05, 0) is 35.0 Å². The Morgan fingerprint density at radius 2 is 1.79 bits per heavy atom. The first-order valence-electron chi connectivity index (χ1n) is 9.71. The Kier molecular flexibility index (Phi) is 12.2. The molecule has 0 aromatic rings. The van der Waals surface area contributed by atoms with E-state index in [9.17, 15) is 24.4 Å². The van der Waals surface area contributed by atoms with Crippen LogP contribution in [0, 0.1) is 25.0 Å². The van der Waals surface area contributed by atoms with Crippen molar-refractivity contribution in [3.8, 4) is 0 Å². The van der Waals surface area contributed by atoms with Crippen molar-refractivity contribution in [1.82, 2.24) is 0 Å². The molecule has 1 unspecified atom stereocenters. The highest BCUT2D eigenvalue weighted by Gasteiger charge is 2.35. The maximum Gasteiger partial charge on any atom is 0.160 e. The number of nitrogens with zero attached hydrogens (tertiary/aromatic N) is 4. The lowest BCUT2D eigenvalue weighted by molar-refractivity contribution is -0.107. The zero-order valence-corrected chi connectivity index (χ0v) is 18.1. The first-order valence-corrected chi connectivity index (χ1v) is 9.71. The van der Waals surface area contributed by atoms with Crippen molar-refractivity contribution in [1.29, 1.82) is 0 Å². The fourth-order valence-electron chi connectivity index (χ4n) is 3.26. The maximum atomic E-state index is 10.7. The summed E-state index contributed by atoms with van der Waals surface area (Å²) < 4.78 is 0. The number of hydrogen-bond acceptors (Lipinski definition) is 13. The molecule has 13 heteroatoms. The normalized spacial score (nSPS) is 18.7. The minimum absolute atomic E-state index is 0.0151. The summed E-state index contributed by atoms with van der Waals surface area (Å²) in [5, 5.41) is 9.53. The van der Waals surface area contributed by atoms with Crippen LogP contribution in [0.3, 0.4) is 0 Å². The predicted molar refractivity (Wildman–Crippen MR) is 116 cm³/mol. The minimum atomic E-state index is -0.681. The molecule has 1 rings (SSSR count). The fraction of sp³-hybridized carbons (Fsp3) is 0.450. The van der Waals surface area contributed by atoms with Crippen molar-refractivity contribution in [2.45, 2.75) is 39.2 Å². The van der Waals surface area contributed by atoms with Gasteiger partial charge in [0.25, 0.3) is 0 Å². The molecule has 0 aliphatic heterocycles. The average Bonchev–Trinajstić information content (AvgIpc) is 2.79. The van der Waals surface area contributed by atoms with Gasteiger partial charge in [0.05, 0.1) is 0 Å². The molecule has 178 valence electrons. The van der Waals surface area contributed by atoms with Gasteiger partial charge in [0, 0.05) is 12.0 Å². The first-order chi connectivity index (χ1) is 15.9. The van der Waals surface area contributed by atoms with E-state index in [0.717, 1.165) is 11.8 Å². The topological polar surface area (TPSA) is 172 Å². The van der Waals surface area contributed by atoms with Crippen LogP contribution in [0.25, 0.3) is 0 Å². The molecule has 0 spiro atoms. The average molecular weight is 464 g/mol. The van der Waals surface area contributed by atoms with Gasteiger partial charge >= 0.3 is 0 Å². The minimum Gasteiger partial charge on any atom is -0.359 e. The molecule has 0 amide bonds. The van der Waals surface area contributed by atoms with Crippen molar-refractivity contribution < 1.29 is 24.1 Å². The Balaban J connectivity index is 3.32. The lowest BCUT2D eigenvalue weighted by Gasteiger charge is -2.36. The molecule has 0 heterocycles. The lowest BCUT2D eigenvalue weighted by Crippen LogP contribution is -2.31. The molecule has 0 saturated heterocycles.